The van der Waals surface area contributed by atoms with Crippen molar-refractivity contribution >= 4 is 17.7 Å². The fourth-order valence-electron chi connectivity index (χ4n) is 1.94. The van der Waals surface area contributed by atoms with E-state index < -0.39 is 17.3 Å². The highest BCUT2D eigenvalue weighted by Gasteiger charge is 2.27. The second kappa shape index (κ2) is 5.70. The molecule has 0 spiro atoms. The molecule has 0 atom stereocenters. The van der Waals surface area contributed by atoms with E-state index >= 15 is 0 Å². The van der Waals surface area contributed by atoms with Gasteiger partial charge in [0, 0.05) is 17.9 Å². The van der Waals surface area contributed by atoms with Crippen LogP contribution in [0, 0.1) is 19.3 Å². The minimum Gasteiger partial charge on any atom is -0.481 e. The number of carboxylic acids is 1. The van der Waals surface area contributed by atoms with Gasteiger partial charge in [-0.3, -0.25) is 9.59 Å². The first-order valence-corrected chi connectivity index (χ1v) is 6.93. The van der Waals surface area contributed by atoms with Crippen molar-refractivity contribution in [3.8, 4) is 0 Å². The van der Waals surface area contributed by atoms with Crippen LogP contribution in [0.3, 0.4) is 0 Å². The van der Waals surface area contributed by atoms with Gasteiger partial charge in [-0.15, -0.1) is 5.10 Å². The van der Waals surface area contributed by atoms with Crippen LogP contribution in [0.4, 0.5) is 0 Å². The van der Waals surface area contributed by atoms with E-state index in [-0.39, 0.29) is 12.4 Å². The molecule has 1 amide bonds. The molecule has 0 aliphatic rings. The van der Waals surface area contributed by atoms with Gasteiger partial charge in [-0.25, -0.2) is 9.50 Å². The van der Waals surface area contributed by atoms with E-state index in [1.54, 1.807) is 13.8 Å². The number of hydrogen-bond acceptors (Lipinski definition) is 5. The fourth-order valence-corrected chi connectivity index (χ4v) is 1.94. The van der Waals surface area contributed by atoms with Gasteiger partial charge < -0.3 is 10.4 Å². The molecule has 2 heterocycles. The number of rotatable bonds is 5. The predicted octanol–water partition coefficient (Wildman–Crippen LogP) is 0.972. The molecule has 8 nitrogen and oxygen atoms in total. The summed E-state index contributed by atoms with van der Waals surface area (Å²) in [6, 6.07) is 1.85. The molecule has 22 heavy (non-hydrogen) atoms. The summed E-state index contributed by atoms with van der Waals surface area (Å²) in [7, 11) is 0. The van der Waals surface area contributed by atoms with E-state index in [0.717, 1.165) is 11.4 Å². The number of aromatic nitrogens is 4. The highest BCUT2D eigenvalue weighted by Crippen LogP contribution is 2.19. The Morgan fingerprint density at radius 1 is 1.32 bits per heavy atom. The predicted molar refractivity (Wildman–Crippen MR) is 78.6 cm³/mol. The first-order chi connectivity index (χ1) is 10.2. The summed E-state index contributed by atoms with van der Waals surface area (Å²) in [4.78, 5) is 31.4. The van der Waals surface area contributed by atoms with Gasteiger partial charge in [-0.1, -0.05) is 0 Å². The van der Waals surface area contributed by atoms with Crippen LogP contribution >= 0.6 is 0 Å². The molecule has 0 fully saturated rings. The first-order valence-electron chi connectivity index (χ1n) is 6.93. The lowest BCUT2D eigenvalue weighted by Crippen LogP contribution is -2.32. The minimum absolute atomic E-state index is 0.0225. The summed E-state index contributed by atoms with van der Waals surface area (Å²) in [5, 5.41) is 15.8. The Labute approximate surface area is 127 Å². The second-order valence-corrected chi connectivity index (χ2v) is 5.88. The summed E-state index contributed by atoms with van der Waals surface area (Å²) in [6.07, 6.45) is 0.317. The van der Waals surface area contributed by atoms with E-state index in [9.17, 15) is 9.59 Å². The van der Waals surface area contributed by atoms with Crippen molar-refractivity contribution in [3.63, 3.8) is 0 Å². The molecule has 2 rings (SSSR count). The van der Waals surface area contributed by atoms with Crippen LogP contribution in [0.5, 0.6) is 0 Å². The second-order valence-electron chi connectivity index (χ2n) is 5.88. The third-order valence-corrected chi connectivity index (χ3v) is 3.44. The van der Waals surface area contributed by atoms with Gasteiger partial charge >= 0.3 is 5.97 Å². The summed E-state index contributed by atoms with van der Waals surface area (Å²) >= 11 is 0. The Hall–Kier alpha value is -2.51. The van der Waals surface area contributed by atoms with Crippen molar-refractivity contribution in [2.24, 2.45) is 5.41 Å². The topological polar surface area (TPSA) is 109 Å². The zero-order valence-electron chi connectivity index (χ0n) is 13.0. The molecule has 0 aliphatic carbocycles. The summed E-state index contributed by atoms with van der Waals surface area (Å²) in [6.45, 7) is 7.16. The van der Waals surface area contributed by atoms with E-state index in [0.29, 0.717) is 12.2 Å². The molecule has 118 valence electrons. The average molecular weight is 305 g/mol. The summed E-state index contributed by atoms with van der Waals surface area (Å²) in [5.41, 5.74) is 0.739. The molecule has 0 saturated heterocycles. The number of carbonyl (C=O) groups excluding carboxylic acids is 1. The van der Waals surface area contributed by atoms with Gasteiger partial charge in [0.25, 0.3) is 11.7 Å². The zero-order valence-corrected chi connectivity index (χ0v) is 13.0. The number of nitrogens with zero attached hydrogens (tertiary/aromatic N) is 4. The van der Waals surface area contributed by atoms with Crippen molar-refractivity contribution in [2.75, 3.05) is 6.54 Å². The molecule has 0 bridgehead atoms. The van der Waals surface area contributed by atoms with Crippen LogP contribution in [-0.2, 0) is 4.79 Å². The smallest absolute Gasteiger partial charge is 0.309 e. The molecular weight excluding hydrogens is 286 g/mol. The highest BCUT2D eigenvalue weighted by molar-refractivity contribution is 5.90. The lowest BCUT2D eigenvalue weighted by molar-refractivity contribution is -0.147. The van der Waals surface area contributed by atoms with Crippen molar-refractivity contribution in [2.45, 2.75) is 34.1 Å². The fraction of sp³-hybridized carbons (Fsp3) is 0.500. The lowest BCUT2D eigenvalue weighted by atomic mass is 9.90. The summed E-state index contributed by atoms with van der Waals surface area (Å²) in [5.74, 6) is -0.950. The van der Waals surface area contributed by atoms with E-state index in [1.807, 2.05) is 19.9 Å². The number of fused-ring (bicyclic) bond motifs is 1. The van der Waals surface area contributed by atoms with Crippen LogP contribution in [0.2, 0.25) is 0 Å². The average Bonchev–Trinajstić information content (AvgIpc) is 2.82. The normalized spacial score (nSPS) is 11.6. The number of hydrogen-bond donors (Lipinski definition) is 2. The third kappa shape index (κ3) is 3.21. The van der Waals surface area contributed by atoms with Gasteiger partial charge in [-0.05, 0) is 40.2 Å². The first kappa shape index (κ1) is 15.9. The number of carboxylic acid groups (broad SMARTS) is 1. The van der Waals surface area contributed by atoms with Gasteiger partial charge in [0.05, 0.1) is 5.41 Å². The van der Waals surface area contributed by atoms with Crippen molar-refractivity contribution < 1.29 is 14.7 Å². The number of nitrogens with one attached hydrogen (secondary N) is 1. The number of aryl methyl sites for hydroxylation is 2. The third-order valence-electron chi connectivity index (χ3n) is 3.44. The maximum Gasteiger partial charge on any atom is 0.309 e. The quantitative estimate of drug-likeness (QED) is 0.852. The molecule has 0 saturated carbocycles. The molecule has 0 aliphatic heterocycles. The van der Waals surface area contributed by atoms with Crippen LogP contribution in [0.25, 0.3) is 5.78 Å². The number of amides is 1. The Kier molecular flexibility index (Phi) is 4.11. The highest BCUT2D eigenvalue weighted by atomic mass is 16.4. The SMILES string of the molecule is Cc1cc(C)n2nc(C(=O)NCCC(C)(C)C(=O)O)nc2n1. The Bertz CT molecular complexity index is 735. The Balaban J connectivity index is 2.08. The van der Waals surface area contributed by atoms with Gasteiger partial charge in [0.2, 0.25) is 5.82 Å². The molecule has 2 aromatic heterocycles. The van der Waals surface area contributed by atoms with Crippen molar-refractivity contribution in [1.82, 2.24) is 24.9 Å². The van der Waals surface area contributed by atoms with Gasteiger partial charge in [-0.2, -0.15) is 4.98 Å². The molecule has 8 heteroatoms. The lowest BCUT2D eigenvalue weighted by Gasteiger charge is -2.18. The van der Waals surface area contributed by atoms with Crippen LogP contribution in [0.1, 0.15) is 42.3 Å². The maximum absolute atomic E-state index is 12.0. The largest absolute Gasteiger partial charge is 0.481 e. The molecule has 0 radical (unpaired) electrons. The monoisotopic (exact) mass is 305 g/mol. The number of aliphatic carboxylic acids is 1. The van der Waals surface area contributed by atoms with Gasteiger partial charge in [0.1, 0.15) is 0 Å². The van der Waals surface area contributed by atoms with E-state index in [4.69, 9.17) is 5.11 Å². The molecule has 0 aromatic carbocycles. The molecular formula is C14H19N5O3. The Morgan fingerprint density at radius 3 is 2.64 bits per heavy atom. The maximum atomic E-state index is 12.0. The van der Waals surface area contributed by atoms with Crippen LogP contribution in [-0.4, -0.2) is 43.1 Å². The molecule has 0 unspecified atom stereocenters. The van der Waals surface area contributed by atoms with Crippen molar-refractivity contribution in [1.29, 1.82) is 0 Å². The van der Waals surface area contributed by atoms with Crippen LogP contribution in [0.15, 0.2) is 6.07 Å². The number of carbonyl (C=O) groups is 2. The van der Waals surface area contributed by atoms with E-state index in [1.165, 1.54) is 4.52 Å². The molecule has 2 aromatic rings. The zero-order chi connectivity index (χ0) is 16.5. The molecule has 2 N–H and O–H groups in total. The minimum atomic E-state index is -0.900. The van der Waals surface area contributed by atoms with Crippen molar-refractivity contribution in [3.05, 3.63) is 23.3 Å². The Morgan fingerprint density at radius 2 is 2.00 bits per heavy atom. The van der Waals surface area contributed by atoms with Crippen LogP contribution < -0.4 is 5.32 Å². The standard InChI is InChI=1S/C14H19N5O3/c1-8-7-9(2)19-13(16-8)17-10(18-19)11(20)15-6-5-14(3,4)12(21)22/h7H,5-6H2,1-4H3,(H,15,20)(H,21,22). The van der Waals surface area contributed by atoms with Gasteiger partial charge in [0.15, 0.2) is 0 Å². The summed E-state index contributed by atoms with van der Waals surface area (Å²) < 4.78 is 1.50. The van der Waals surface area contributed by atoms with E-state index in [2.05, 4.69) is 20.4 Å².